The molecule has 40 heavy (non-hydrogen) atoms. The summed E-state index contributed by atoms with van der Waals surface area (Å²) in [5.74, 6) is -0.307. The van der Waals surface area contributed by atoms with E-state index in [-0.39, 0.29) is 29.1 Å². The number of esters is 1. The van der Waals surface area contributed by atoms with Crippen LogP contribution < -0.4 is 14.8 Å². The molecule has 0 radical (unpaired) electrons. The smallest absolute Gasteiger partial charge is 0.343 e. The molecule has 3 aromatic carbocycles. The average Bonchev–Trinajstić information content (AvgIpc) is 3.31. The van der Waals surface area contributed by atoms with E-state index in [9.17, 15) is 14.0 Å². The van der Waals surface area contributed by atoms with Crippen LogP contribution in [0.2, 0.25) is 0 Å². The lowest BCUT2D eigenvalue weighted by atomic mass is 9.83. The summed E-state index contributed by atoms with van der Waals surface area (Å²) in [5, 5.41) is 3.55. The van der Waals surface area contributed by atoms with E-state index < -0.39 is 11.8 Å². The monoisotopic (exact) mass is 555 g/mol. The minimum atomic E-state index is -0.611. The predicted molar refractivity (Wildman–Crippen MR) is 158 cm³/mol. The molecule has 2 heterocycles. The maximum atomic E-state index is 14.0. The summed E-state index contributed by atoms with van der Waals surface area (Å²) in [6.07, 6.45) is 2.43. The largest absolute Gasteiger partial charge is 0.496 e. The second-order valence-electron chi connectivity index (χ2n) is 10.5. The number of rotatable bonds is 7. The minimum Gasteiger partial charge on any atom is -0.496 e. The van der Waals surface area contributed by atoms with Crippen LogP contribution in [-0.4, -0.2) is 24.4 Å². The first kappa shape index (κ1) is 27.3. The lowest BCUT2D eigenvalue weighted by Gasteiger charge is -2.33. The van der Waals surface area contributed by atoms with Gasteiger partial charge < -0.3 is 14.8 Å². The van der Waals surface area contributed by atoms with Crippen LogP contribution in [0.25, 0.3) is 16.7 Å². The Morgan fingerprint density at radius 2 is 1.68 bits per heavy atom. The fraction of sp³-hybridized carbons (Fsp3) is 0.212. The summed E-state index contributed by atoms with van der Waals surface area (Å²) in [5.41, 5.74) is 4.85. The molecular weight excluding hydrogens is 525 g/mol. The number of ether oxygens (including phenoxy) is 2. The van der Waals surface area contributed by atoms with Crippen molar-refractivity contribution >= 4 is 34.3 Å². The molecule has 0 spiro atoms. The van der Waals surface area contributed by atoms with Crippen LogP contribution in [0.1, 0.15) is 56.8 Å². The van der Waals surface area contributed by atoms with Gasteiger partial charge in [-0.25, -0.2) is 9.18 Å². The van der Waals surface area contributed by atoms with Crippen molar-refractivity contribution in [2.45, 2.75) is 39.7 Å². The lowest BCUT2D eigenvalue weighted by Crippen LogP contribution is -2.32. The standard InChI is InChI=1S/C33H30FNO4S/c1-19-18-33(3,4)35-27-15-14-26(31(30(19)27)28(36)17-24-12-6-20(2)40-24)25-13-11-23(16-29(25)38-5)39-32(37)21-7-9-22(34)10-8-21/h6-16,18,35H,17H2,1-5H3. The van der Waals surface area contributed by atoms with Gasteiger partial charge in [-0.2, -0.15) is 0 Å². The molecule has 0 amide bonds. The number of thiophene rings is 1. The van der Waals surface area contributed by atoms with Crippen LogP contribution >= 0.6 is 11.3 Å². The Hall–Kier alpha value is -4.23. The summed E-state index contributed by atoms with van der Waals surface area (Å²) in [6.45, 7) is 8.26. The zero-order valence-corrected chi connectivity index (χ0v) is 23.9. The van der Waals surface area contributed by atoms with Gasteiger partial charge in [0, 0.05) is 44.6 Å². The Balaban J connectivity index is 1.58. The van der Waals surface area contributed by atoms with Gasteiger partial charge >= 0.3 is 5.97 Å². The van der Waals surface area contributed by atoms with Crippen LogP contribution in [-0.2, 0) is 6.42 Å². The number of carbonyl (C=O) groups is 2. The first-order valence-electron chi connectivity index (χ1n) is 12.9. The molecule has 0 bridgehead atoms. The lowest BCUT2D eigenvalue weighted by molar-refractivity contribution is 0.0734. The van der Waals surface area contributed by atoms with E-state index in [1.54, 1.807) is 29.5 Å². The molecule has 0 fully saturated rings. The third kappa shape index (κ3) is 5.56. The molecular formula is C33H30FNO4S. The number of allylic oxidation sites excluding steroid dienone is 1. The van der Waals surface area contributed by atoms with Gasteiger partial charge in [-0.05, 0) is 93.4 Å². The number of benzene rings is 3. The summed E-state index contributed by atoms with van der Waals surface area (Å²) < 4.78 is 24.5. The van der Waals surface area contributed by atoms with E-state index in [0.717, 1.165) is 32.1 Å². The SMILES string of the molecule is COc1cc(OC(=O)c2ccc(F)cc2)ccc1-c1ccc2c(c1C(=O)Cc1ccc(C)s1)C(C)=CC(C)(C)N2. The van der Waals surface area contributed by atoms with Crippen molar-refractivity contribution in [1.82, 2.24) is 0 Å². The number of anilines is 1. The summed E-state index contributed by atoms with van der Waals surface area (Å²) in [4.78, 5) is 28.8. The molecule has 1 aliphatic rings. The van der Waals surface area contributed by atoms with Crippen LogP contribution in [0.3, 0.4) is 0 Å². The second-order valence-corrected chi connectivity index (χ2v) is 11.8. The third-order valence-corrected chi connectivity index (χ3v) is 7.80. The molecule has 204 valence electrons. The van der Waals surface area contributed by atoms with Gasteiger partial charge in [-0.1, -0.05) is 12.1 Å². The van der Waals surface area contributed by atoms with Crippen LogP contribution in [0.15, 0.2) is 72.8 Å². The van der Waals surface area contributed by atoms with Gasteiger partial charge in [0.25, 0.3) is 0 Å². The molecule has 1 aromatic heterocycles. The number of aryl methyl sites for hydroxylation is 1. The van der Waals surface area contributed by atoms with Crippen molar-refractivity contribution in [3.05, 3.63) is 105 Å². The number of halogens is 1. The Kier molecular flexibility index (Phi) is 7.34. The highest BCUT2D eigenvalue weighted by molar-refractivity contribution is 7.12. The van der Waals surface area contributed by atoms with Gasteiger partial charge in [0.1, 0.15) is 17.3 Å². The zero-order chi connectivity index (χ0) is 28.6. The average molecular weight is 556 g/mol. The number of carbonyl (C=O) groups excluding carboxylic acids is 2. The molecule has 1 N–H and O–H groups in total. The van der Waals surface area contributed by atoms with Gasteiger partial charge in [0.2, 0.25) is 0 Å². The van der Waals surface area contributed by atoms with E-state index in [2.05, 4.69) is 25.2 Å². The molecule has 0 saturated heterocycles. The van der Waals surface area contributed by atoms with Crippen LogP contribution in [0.4, 0.5) is 10.1 Å². The van der Waals surface area contributed by atoms with E-state index in [1.807, 2.05) is 38.1 Å². The van der Waals surface area contributed by atoms with Crippen molar-refractivity contribution in [3.8, 4) is 22.6 Å². The summed E-state index contributed by atoms with van der Waals surface area (Å²) in [7, 11) is 1.54. The highest BCUT2D eigenvalue weighted by atomic mass is 32.1. The number of hydrogen-bond donors (Lipinski definition) is 1. The predicted octanol–water partition coefficient (Wildman–Crippen LogP) is 8.12. The second kappa shape index (κ2) is 10.7. The number of hydrogen-bond acceptors (Lipinski definition) is 6. The van der Waals surface area contributed by atoms with Gasteiger partial charge in [0.05, 0.1) is 18.2 Å². The molecule has 4 aromatic rings. The number of methoxy groups -OCH3 is 1. The molecule has 0 unspecified atom stereocenters. The molecule has 7 heteroatoms. The topological polar surface area (TPSA) is 64.6 Å². The quantitative estimate of drug-likeness (QED) is 0.142. The first-order valence-corrected chi connectivity index (χ1v) is 13.8. The number of fused-ring (bicyclic) bond motifs is 1. The normalized spacial score (nSPS) is 13.6. The number of Topliss-reactive ketones (excluding diaryl/α,β-unsaturated/α-hetero) is 1. The highest BCUT2D eigenvalue weighted by Gasteiger charge is 2.29. The van der Waals surface area contributed by atoms with Gasteiger partial charge in [0.15, 0.2) is 5.78 Å². The van der Waals surface area contributed by atoms with Crippen molar-refractivity contribution in [3.63, 3.8) is 0 Å². The van der Waals surface area contributed by atoms with Gasteiger partial charge in [-0.15, -0.1) is 11.3 Å². The molecule has 5 nitrogen and oxygen atoms in total. The Morgan fingerprint density at radius 1 is 0.950 bits per heavy atom. The fourth-order valence-corrected chi connectivity index (χ4v) is 6.05. The first-order chi connectivity index (χ1) is 19.0. The van der Waals surface area contributed by atoms with Crippen LogP contribution in [0.5, 0.6) is 11.5 Å². The maximum absolute atomic E-state index is 14.0. The molecule has 1 aliphatic heterocycles. The Labute approximate surface area is 237 Å². The number of ketones is 1. The summed E-state index contributed by atoms with van der Waals surface area (Å²) >= 11 is 1.62. The Bertz CT molecular complexity index is 1650. The fourth-order valence-electron chi connectivity index (χ4n) is 5.16. The van der Waals surface area contributed by atoms with Crippen molar-refractivity contribution in [2.24, 2.45) is 0 Å². The summed E-state index contributed by atoms with van der Waals surface area (Å²) in [6, 6.07) is 18.2. The van der Waals surface area contributed by atoms with Crippen molar-refractivity contribution in [2.75, 3.05) is 12.4 Å². The number of nitrogens with one attached hydrogen (secondary N) is 1. The van der Waals surface area contributed by atoms with E-state index in [1.165, 1.54) is 31.4 Å². The zero-order valence-electron chi connectivity index (χ0n) is 23.1. The maximum Gasteiger partial charge on any atom is 0.343 e. The van der Waals surface area contributed by atoms with Crippen molar-refractivity contribution < 1.29 is 23.5 Å². The molecule has 0 saturated carbocycles. The highest BCUT2D eigenvalue weighted by Crippen LogP contribution is 2.43. The van der Waals surface area contributed by atoms with Crippen LogP contribution in [0, 0.1) is 12.7 Å². The molecule has 5 rings (SSSR count). The van der Waals surface area contributed by atoms with E-state index in [0.29, 0.717) is 16.9 Å². The third-order valence-electron chi connectivity index (χ3n) is 6.80. The van der Waals surface area contributed by atoms with E-state index in [4.69, 9.17) is 9.47 Å². The van der Waals surface area contributed by atoms with Gasteiger partial charge in [-0.3, -0.25) is 4.79 Å². The van der Waals surface area contributed by atoms with Crippen molar-refractivity contribution in [1.29, 1.82) is 0 Å². The Morgan fingerprint density at radius 3 is 2.35 bits per heavy atom. The molecule has 0 atom stereocenters. The molecule has 0 aliphatic carbocycles. The van der Waals surface area contributed by atoms with E-state index >= 15 is 0 Å². The minimum absolute atomic E-state index is 0.0109.